The second-order valence-corrected chi connectivity index (χ2v) is 6.07. The van der Waals surface area contributed by atoms with Crippen molar-refractivity contribution in [3.05, 3.63) is 29.3 Å². The molecule has 2 unspecified atom stereocenters. The number of phenols is 1. The smallest absolute Gasteiger partial charge is 0.120 e. The van der Waals surface area contributed by atoms with Gasteiger partial charge < -0.3 is 5.11 Å². The highest BCUT2D eigenvalue weighted by Crippen LogP contribution is 2.30. The molecule has 2 rings (SSSR count). The van der Waals surface area contributed by atoms with Crippen LogP contribution in [0.25, 0.3) is 0 Å². The lowest BCUT2D eigenvalue weighted by Gasteiger charge is -2.40. The van der Waals surface area contributed by atoms with Crippen molar-refractivity contribution in [3.63, 3.8) is 0 Å². The fourth-order valence-electron chi connectivity index (χ4n) is 3.03. The normalized spacial score (nSPS) is 20.8. The maximum absolute atomic E-state index is 10.1. The minimum atomic E-state index is 0.286. The largest absolute Gasteiger partial charge is 0.508 e. The van der Waals surface area contributed by atoms with Gasteiger partial charge in [-0.05, 0) is 33.3 Å². The molecular weight excluding hydrogens is 248 g/mol. The van der Waals surface area contributed by atoms with Crippen LogP contribution in [0.2, 0.25) is 0 Å². The number of nitrogens with zero attached hydrogens (tertiary/aromatic N) is 2. The van der Waals surface area contributed by atoms with Crippen molar-refractivity contribution in [2.45, 2.75) is 46.2 Å². The van der Waals surface area contributed by atoms with Crippen molar-refractivity contribution < 1.29 is 5.11 Å². The molecular formula is C17H28N2O. The van der Waals surface area contributed by atoms with Gasteiger partial charge in [-0.25, -0.2) is 0 Å². The molecule has 1 fully saturated rings. The molecule has 1 N–H and O–H groups in total. The van der Waals surface area contributed by atoms with Crippen LogP contribution in [0, 0.1) is 6.92 Å². The number of piperazine rings is 1. The van der Waals surface area contributed by atoms with Crippen LogP contribution in [0.5, 0.6) is 5.75 Å². The molecule has 0 radical (unpaired) electrons. The Labute approximate surface area is 123 Å². The molecule has 0 bridgehead atoms. The molecule has 1 saturated heterocycles. The van der Waals surface area contributed by atoms with E-state index in [1.54, 1.807) is 0 Å². The molecule has 3 nitrogen and oxygen atoms in total. The van der Waals surface area contributed by atoms with E-state index >= 15 is 0 Å². The van der Waals surface area contributed by atoms with Crippen molar-refractivity contribution in [2.24, 2.45) is 0 Å². The van der Waals surface area contributed by atoms with Crippen molar-refractivity contribution in [1.82, 2.24) is 9.80 Å². The lowest BCUT2D eigenvalue weighted by molar-refractivity contribution is 0.0765. The van der Waals surface area contributed by atoms with E-state index in [1.807, 2.05) is 12.1 Å². The van der Waals surface area contributed by atoms with Gasteiger partial charge in [0, 0.05) is 43.8 Å². The standard InChI is InChI=1S/C17H28N2O/c1-5-14(3)18-8-10-19(11-9-18)15(4)16-12-13(2)6-7-17(16)20/h6-7,12,14-15,20H,5,8-11H2,1-4H3. The van der Waals surface area contributed by atoms with Gasteiger partial charge in [0.05, 0.1) is 0 Å². The summed E-state index contributed by atoms with van der Waals surface area (Å²) in [7, 11) is 0. The SMILES string of the molecule is CCC(C)N1CCN(C(C)c2cc(C)ccc2O)CC1. The zero-order chi connectivity index (χ0) is 14.7. The van der Waals surface area contributed by atoms with E-state index in [4.69, 9.17) is 0 Å². The highest BCUT2D eigenvalue weighted by atomic mass is 16.3. The Morgan fingerprint density at radius 2 is 1.70 bits per heavy atom. The summed E-state index contributed by atoms with van der Waals surface area (Å²) in [6, 6.07) is 6.86. The fraction of sp³-hybridized carbons (Fsp3) is 0.647. The number of hydrogen-bond acceptors (Lipinski definition) is 3. The summed E-state index contributed by atoms with van der Waals surface area (Å²) in [4.78, 5) is 5.05. The van der Waals surface area contributed by atoms with Gasteiger partial charge in [0.2, 0.25) is 0 Å². The summed E-state index contributed by atoms with van der Waals surface area (Å²) in [6.45, 7) is 13.3. The quantitative estimate of drug-likeness (QED) is 0.915. The van der Waals surface area contributed by atoms with Gasteiger partial charge >= 0.3 is 0 Å². The van der Waals surface area contributed by atoms with Gasteiger partial charge in [-0.15, -0.1) is 0 Å². The van der Waals surface area contributed by atoms with Crippen LogP contribution < -0.4 is 0 Å². The molecule has 3 heteroatoms. The number of aromatic hydroxyl groups is 1. The molecule has 0 spiro atoms. The van der Waals surface area contributed by atoms with Gasteiger partial charge in [-0.3, -0.25) is 9.80 Å². The predicted molar refractivity (Wildman–Crippen MR) is 84.2 cm³/mol. The van der Waals surface area contributed by atoms with Crippen molar-refractivity contribution in [3.8, 4) is 5.75 Å². The van der Waals surface area contributed by atoms with E-state index in [9.17, 15) is 5.11 Å². The molecule has 1 heterocycles. The van der Waals surface area contributed by atoms with Gasteiger partial charge in [-0.2, -0.15) is 0 Å². The molecule has 1 aromatic rings. The number of aryl methyl sites for hydroxylation is 1. The number of hydrogen-bond donors (Lipinski definition) is 1. The summed E-state index contributed by atoms with van der Waals surface area (Å²) >= 11 is 0. The first-order valence-corrected chi connectivity index (χ1v) is 7.80. The van der Waals surface area contributed by atoms with E-state index in [2.05, 4.69) is 43.6 Å². The minimum Gasteiger partial charge on any atom is -0.508 e. The van der Waals surface area contributed by atoms with Crippen molar-refractivity contribution >= 4 is 0 Å². The van der Waals surface area contributed by atoms with Crippen LogP contribution in [0.1, 0.15) is 44.4 Å². The Hall–Kier alpha value is -1.06. The molecule has 0 aromatic heterocycles. The third kappa shape index (κ3) is 3.33. The number of phenolic OH excluding ortho intramolecular Hbond substituents is 1. The average molecular weight is 276 g/mol. The lowest BCUT2D eigenvalue weighted by atomic mass is 10.0. The zero-order valence-corrected chi connectivity index (χ0v) is 13.3. The van der Waals surface area contributed by atoms with Crippen molar-refractivity contribution in [2.75, 3.05) is 26.2 Å². The summed E-state index contributed by atoms with van der Waals surface area (Å²) in [5.74, 6) is 0.424. The monoisotopic (exact) mass is 276 g/mol. The van der Waals surface area contributed by atoms with Crippen LogP contribution in [-0.4, -0.2) is 47.1 Å². The molecule has 112 valence electrons. The van der Waals surface area contributed by atoms with E-state index in [0.29, 0.717) is 11.8 Å². The predicted octanol–water partition coefficient (Wildman–Crippen LogP) is 3.18. The van der Waals surface area contributed by atoms with Gasteiger partial charge in [-0.1, -0.05) is 24.6 Å². The molecule has 1 aromatic carbocycles. The van der Waals surface area contributed by atoms with Crippen molar-refractivity contribution in [1.29, 1.82) is 0 Å². The Morgan fingerprint density at radius 3 is 2.30 bits per heavy atom. The maximum atomic E-state index is 10.1. The summed E-state index contributed by atoms with van der Waals surface area (Å²) in [6.07, 6.45) is 1.22. The summed E-state index contributed by atoms with van der Waals surface area (Å²) in [5.41, 5.74) is 2.27. The Kier molecular flexibility index (Phi) is 5.06. The average Bonchev–Trinajstić information content (AvgIpc) is 2.48. The fourth-order valence-corrected chi connectivity index (χ4v) is 3.03. The lowest BCUT2D eigenvalue weighted by Crippen LogP contribution is -2.49. The molecule has 2 atom stereocenters. The molecule has 0 amide bonds. The van der Waals surface area contributed by atoms with E-state index in [1.165, 1.54) is 12.0 Å². The van der Waals surface area contributed by atoms with Crippen LogP contribution in [-0.2, 0) is 0 Å². The summed E-state index contributed by atoms with van der Waals surface area (Å²) in [5, 5.41) is 10.1. The van der Waals surface area contributed by atoms with Crippen LogP contribution in [0.3, 0.4) is 0 Å². The first kappa shape index (κ1) is 15.3. The topological polar surface area (TPSA) is 26.7 Å². The van der Waals surface area contributed by atoms with E-state index in [-0.39, 0.29) is 6.04 Å². The van der Waals surface area contributed by atoms with E-state index in [0.717, 1.165) is 31.7 Å². The molecule has 1 aliphatic rings. The minimum absolute atomic E-state index is 0.286. The maximum Gasteiger partial charge on any atom is 0.120 e. The van der Waals surface area contributed by atoms with Gasteiger partial charge in [0.25, 0.3) is 0 Å². The molecule has 0 saturated carbocycles. The first-order chi connectivity index (χ1) is 9.52. The van der Waals surface area contributed by atoms with Crippen LogP contribution >= 0.6 is 0 Å². The summed E-state index contributed by atoms with van der Waals surface area (Å²) < 4.78 is 0. The Morgan fingerprint density at radius 1 is 1.10 bits per heavy atom. The Balaban J connectivity index is 2.01. The second-order valence-electron chi connectivity index (χ2n) is 6.07. The number of benzene rings is 1. The van der Waals surface area contributed by atoms with Gasteiger partial charge in [0.15, 0.2) is 0 Å². The highest BCUT2D eigenvalue weighted by molar-refractivity contribution is 5.37. The first-order valence-electron chi connectivity index (χ1n) is 7.80. The highest BCUT2D eigenvalue weighted by Gasteiger charge is 2.25. The third-order valence-electron chi connectivity index (χ3n) is 4.74. The molecule has 0 aliphatic carbocycles. The van der Waals surface area contributed by atoms with Gasteiger partial charge in [0.1, 0.15) is 5.75 Å². The number of rotatable bonds is 4. The van der Waals surface area contributed by atoms with Crippen LogP contribution in [0.4, 0.5) is 0 Å². The zero-order valence-electron chi connectivity index (χ0n) is 13.3. The molecule has 1 aliphatic heterocycles. The third-order valence-corrected chi connectivity index (χ3v) is 4.74. The van der Waals surface area contributed by atoms with E-state index < -0.39 is 0 Å². The second kappa shape index (κ2) is 6.59. The Bertz CT molecular complexity index is 439. The van der Waals surface area contributed by atoms with Crippen LogP contribution in [0.15, 0.2) is 18.2 Å². The molecule has 20 heavy (non-hydrogen) atoms.